The van der Waals surface area contributed by atoms with Gasteiger partial charge in [0.05, 0.1) is 14.5 Å². The summed E-state index contributed by atoms with van der Waals surface area (Å²) in [5, 5.41) is 4.17. The van der Waals surface area contributed by atoms with Crippen LogP contribution >= 0.6 is 50.7 Å². The topological polar surface area (TPSA) is 58.6 Å². The Morgan fingerprint density at radius 3 is 2.37 bits per heavy atom. The fraction of sp³-hybridized carbons (Fsp3) is 0.231. The summed E-state index contributed by atoms with van der Waals surface area (Å²) in [4.78, 5) is 28.2. The second kappa shape index (κ2) is 13.2. The molecule has 0 saturated heterocycles. The number of rotatable bonds is 10. The van der Waals surface area contributed by atoms with Crippen LogP contribution in [0.15, 0.2) is 71.2 Å². The third-order valence-electron chi connectivity index (χ3n) is 5.20. The summed E-state index contributed by atoms with van der Waals surface area (Å²) >= 11 is 21.7. The van der Waals surface area contributed by atoms with Crippen LogP contribution in [0.1, 0.15) is 18.1 Å². The number of amides is 2. The van der Waals surface area contributed by atoms with Gasteiger partial charge < -0.3 is 15.0 Å². The second-order valence-corrected chi connectivity index (χ2v) is 9.84. The summed E-state index contributed by atoms with van der Waals surface area (Å²) in [5.74, 6) is -0.141. The van der Waals surface area contributed by atoms with Crippen LogP contribution in [-0.4, -0.2) is 35.9 Å². The molecule has 0 fully saturated rings. The zero-order chi connectivity index (χ0) is 25.4. The van der Waals surface area contributed by atoms with Gasteiger partial charge in [-0.3, -0.25) is 9.59 Å². The molecule has 0 aliphatic heterocycles. The molecule has 1 N–H and O–H groups in total. The van der Waals surface area contributed by atoms with E-state index in [2.05, 4.69) is 21.2 Å². The molecule has 0 saturated carbocycles. The quantitative estimate of drug-likeness (QED) is 0.288. The van der Waals surface area contributed by atoms with Crippen LogP contribution in [0.2, 0.25) is 15.1 Å². The van der Waals surface area contributed by atoms with Gasteiger partial charge in [-0.15, -0.1) is 0 Å². The first kappa shape index (κ1) is 27.3. The number of benzene rings is 3. The number of carbonyl (C=O) groups excluding carboxylic acids is 2. The Morgan fingerprint density at radius 2 is 1.71 bits per heavy atom. The van der Waals surface area contributed by atoms with Gasteiger partial charge in [0, 0.05) is 24.5 Å². The fourth-order valence-electron chi connectivity index (χ4n) is 3.50. The van der Waals surface area contributed by atoms with Crippen molar-refractivity contribution in [3.8, 4) is 5.75 Å². The van der Waals surface area contributed by atoms with Crippen LogP contribution in [0.25, 0.3) is 0 Å². The molecule has 0 bridgehead atoms. The normalized spacial score (nSPS) is 11.6. The summed E-state index contributed by atoms with van der Waals surface area (Å²) in [6.07, 6.45) is 0.338. The van der Waals surface area contributed by atoms with E-state index in [-0.39, 0.29) is 25.0 Å². The molecule has 0 unspecified atom stereocenters. The lowest BCUT2D eigenvalue weighted by atomic mass is 10.0. The summed E-state index contributed by atoms with van der Waals surface area (Å²) in [6.45, 7) is 2.15. The van der Waals surface area contributed by atoms with Crippen molar-refractivity contribution < 1.29 is 14.3 Å². The summed E-state index contributed by atoms with van der Waals surface area (Å²) in [5.41, 5.74) is 1.67. The van der Waals surface area contributed by atoms with E-state index in [1.54, 1.807) is 36.4 Å². The molecule has 3 aromatic rings. The molecule has 0 aliphatic carbocycles. The minimum absolute atomic E-state index is 0.148. The van der Waals surface area contributed by atoms with Gasteiger partial charge in [0.2, 0.25) is 5.91 Å². The smallest absolute Gasteiger partial charge is 0.261 e. The Bertz CT molecular complexity index is 1180. The summed E-state index contributed by atoms with van der Waals surface area (Å²) < 4.78 is 6.40. The summed E-state index contributed by atoms with van der Waals surface area (Å²) in [7, 11) is 0. The minimum Gasteiger partial charge on any atom is -0.483 e. The first-order valence-electron chi connectivity index (χ1n) is 10.9. The number of likely N-dealkylation sites (N-methyl/N-ethyl adjacent to an activating group) is 1. The number of nitrogens with one attached hydrogen (secondary N) is 1. The number of halogens is 4. The Morgan fingerprint density at radius 1 is 0.971 bits per heavy atom. The SMILES string of the molecule is CCNC(=O)[C@H](Cc1ccccc1)N(Cc1ccc(Cl)c(Cl)c1)C(=O)COc1ccc(Cl)cc1Br. The highest BCUT2D eigenvalue weighted by molar-refractivity contribution is 9.10. The Balaban J connectivity index is 1.92. The molecule has 35 heavy (non-hydrogen) atoms. The number of hydrogen-bond donors (Lipinski definition) is 1. The maximum absolute atomic E-state index is 13.5. The van der Waals surface area contributed by atoms with Crippen molar-refractivity contribution in [2.24, 2.45) is 0 Å². The molecule has 3 aromatic carbocycles. The van der Waals surface area contributed by atoms with E-state index in [0.29, 0.717) is 38.3 Å². The number of hydrogen-bond acceptors (Lipinski definition) is 3. The van der Waals surface area contributed by atoms with Crippen LogP contribution < -0.4 is 10.1 Å². The van der Waals surface area contributed by atoms with Crippen LogP contribution in [-0.2, 0) is 22.6 Å². The van der Waals surface area contributed by atoms with E-state index in [4.69, 9.17) is 39.5 Å². The van der Waals surface area contributed by atoms with Gasteiger partial charge in [0.15, 0.2) is 6.61 Å². The van der Waals surface area contributed by atoms with Gasteiger partial charge in [0.25, 0.3) is 5.91 Å². The largest absolute Gasteiger partial charge is 0.483 e. The number of ether oxygens (including phenoxy) is 1. The number of nitrogens with zero attached hydrogens (tertiary/aromatic N) is 1. The molecule has 0 radical (unpaired) electrons. The maximum Gasteiger partial charge on any atom is 0.261 e. The minimum atomic E-state index is -0.767. The van der Waals surface area contributed by atoms with Gasteiger partial charge in [-0.25, -0.2) is 0 Å². The number of carbonyl (C=O) groups is 2. The van der Waals surface area contributed by atoms with Gasteiger partial charge in [-0.05, 0) is 64.3 Å². The average Bonchev–Trinajstić information content (AvgIpc) is 2.83. The lowest BCUT2D eigenvalue weighted by molar-refractivity contribution is -0.142. The zero-order valence-electron chi connectivity index (χ0n) is 18.9. The standard InChI is InChI=1S/C26H24BrCl3N2O3/c1-2-31-26(34)23(13-17-6-4-3-5-7-17)32(15-18-8-10-21(29)22(30)12-18)25(33)16-35-24-11-9-19(28)14-20(24)27/h3-12,14,23H,2,13,15-16H2,1H3,(H,31,34)/t23-/m0/s1. The Hall–Kier alpha value is -2.25. The highest BCUT2D eigenvalue weighted by Gasteiger charge is 2.30. The predicted octanol–water partition coefficient (Wildman–Crippen LogP) is 6.56. The second-order valence-electron chi connectivity index (χ2n) is 7.73. The van der Waals surface area contributed by atoms with E-state index in [1.807, 2.05) is 37.3 Å². The van der Waals surface area contributed by atoms with E-state index in [1.165, 1.54) is 4.90 Å². The van der Waals surface area contributed by atoms with Crippen LogP contribution in [0, 0.1) is 0 Å². The van der Waals surface area contributed by atoms with Gasteiger partial charge in [-0.1, -0.05) is 71.2 Å². The molecule has 2 amide bonds. The van der Waals surface area contributed by atoms with Gasteiger partial charge in [-0.2, -0.15) is 0 Å². The average molecular weight is 599 g/mol. The predicted molar refractivity (Wildman–Crippen MR) is 144 cm³/mol. The van der Waals surface area contributed by atoms with Gasteiger partial charge >= 0.3 is 0 Å². The third-order valence-corrected chi connectivity index (χ3v) is 6.80. The maximum atomic E-state index is 13.5. The first-order valence-corrected chi connectivity index (χ1v) is 12.8. The van der Waals surface area contributed by atoms with Crippen molar-refractivity contribution in [2.75, 3.05) is 13.2 Å². The molecule has 0 aliphatic rings. The van der Waals surface area contributed by atoms with E-state index in [0.717, 1.165) is 11.1 Å². The van der Waals surface area contributed by atoms with Crippen LogP contribution in [0.5, 0.6) is 5.75 Å². The van der Waals surface area contributed by atoms with Crippen molar-refractivity contribution >= 4 is 62.5 Å². The Labute approximate surface area is 228 Å². The van der Waals surface area contributed by atoms with E-state index in [9.17, 15) is 9.59 Å². The molecule has 184 valence electrons. The summed E-state index contributed by atoms with van der Waals surface area (Å²) in [6, 6.07) is 19.0. The molecule has 1 atom stereocenters. The molecule has 9 heteroatoms. The lowest BCUT2D eigenvalue weighted by Gasteiger charge is -2.31. The van der Waals surface area contributed by atoms with Crippen molar-refractivity contribution in [3.05, 3.63) is 97.4 Å². The third kappa shape index (κ3) is 7.87. The molecule has 5 nitrogen and oxygen atoms in total. The molecular formula is C26H24BrCl3N2O3. The Kier molecular flexibility index (Phi) is 10.3. The highest BCUT2D eigenvalue weighted by atomic mass is 79.9. The first-order chi connectivity index (χ1) is 16.8. The van der Waals surface area contributed by atoms with Crippen LogP contribution in [0.3, 0.4) is 0 Å². The van der Waals surface area contributed by atoms with E-state index < -0.39 is 6.04 Å². The van der Waals surface area contributed by atoms with Crippen LogP contribution in [0.4, 0.5) is 0 Å². The van der Waals surface area contributed by atoms with Crippen molar-refractivity contribution in [2.45, 2.75) is 25.9 Å². The van der Waals surface area contributed by atoms with E-state index >= 15 is 0 Å². The van der Waals surface area contributed by atoms with Crippen molar-refractivity contribution in [1.82, 2.24) is 10.2 Å². The molecule has 3 rings (SSSR count). The highest BCUT2D eigenvalue weighted by Crippen LogP contribution is 2.28. The molecule has 0 aromatic heterocycles. The fourth-order valence-corrected chi connectivity index (χ4v) is 4.61. The molecular weight excluding hydrogens is 575 g/mol. The molecule has 0 heterocycles. The van der Waals surface area contributed by atoms with Gasteiger partial charge in [0.1, 0.15) is 11.8 Å². The lowest BCUT2D eigenvalue weighted by Crippen LogP contribution is -2.51. The molecule has 0 spiro atoms. The monoisotopic (exact) mass is 596 g/mol. The van der Waals surface area contributed by atoms with Crippen molar-refractivity contribution in [1.29, 1.82) is 0 Å². The van der Waals surface area contributed by atoms with Crippen molar-refractivity contribution in [3.63, 3.8) is 0 Å². The zero-order valence-corrected chi connectivity index (χ0v) is 22.8.